The van der Waals surface area contributed by atoms with Gasteiger partial charge in [0.2, 0.25) is 0 Å². The fraction of sp³-hybridized carbons (Fsp3) is 0.680. The van der Waals surface area contributed by atoms with Gasteiger partial charge < -0.3 is 15.3 Å². The zero-order valence-electron chi connectivity index (χ0n) is 18.2. The second-order valence-electron chi connectivity index (χ2n) is 9.64. The summed E-state index contributed by atoms with van der Waals surface area (Å²) in [6, 6.07) is 0. The van der Waals surface area contributed by atoms with Gasteiger partial charge in [-0.1, -0.05) is 62.8 Å². The summed E-state index contributed by atoms with van der Waals surface area (Å²) in [5.41, 5.74) is 3.18. The van der Waals surface area contributed by atoms with Crippen molar-refractivity contribution in [1.29, 1.82) is 0 Å². The molecule has 1 fully saturated rings. The molecule has 0 amide bonds. The van der Waals surface area contributed by atoms with Crippen molar-refractivity contribution in [3.63, 3.8) is 0 Å². The number of fused-ring (bicyclic) bond motifs is 1. The summed E-state index contributed by atoms with van der Waals surface area (Å²) in [6.07, 6.45) is 12.5. The summed E-state index contributed by atoms with van der Waals surface area (Å²) in [4.78, 5) is 0. The Bertz CT molecular complexity index is 628. The van der Waals surface area contributed by atoms with Gasteiger partial charge in [-0.15, -0.1) is 0 Å². The molecule has 0 aliphatic heterocycles. The number of aliphatic hydroxyl groups excluding tert-OH is 3. The molecule has 0 saturated heterocycles. The smallest absolute Gasteiger partial charge is 0.0764 e. The predicted molar refractivity (Wildman–Crippen MR) is 117 cm³/mol. The van der Waals surface area contributed by atoms with Gasteiger partial charge in [0, 0.05) is 0 Å². The molecule has 3 heteroatoms. The molecule has 0 aromatic heterocycles. The minimum atomic E-state index is -0.599. The van der Waals surface area contributed by atoms with Gasteiger partial charge in [-0.05, 0) is 74.2 Å². The molecule has 1 unspecified atom stereocenters. The van der Waals surface area contributed by atoms with Gasteiger partial charge in [0.25, 0.3) is 0 Å². The van der Waals surface area contributed by atoms with Gasteiger partial charge in [-0.2, -0.15) is 0 Å². The van der Waals surface area contributed by atoms with Crippen LogP contribution in [0, 0.1) is 23.2 Å². The fourth-order valence-corrected chi connectivity index (χ4v) is 5.16. The average Bonchev–Trinajstić information content (AvgIpc) is 2.86. The molecule has 158 valence electrons. The lowest BCUT2D eigenvalue weighted by molar-refractivity contribution is 0.0967. The van der Waals surface area contributed by atoms with Crippen LogP contribution in [-0.4, -0.2) is 34.1 Å². The van der Waals surface area contributed by atoms with E-state index in [1.807, 2.05) is 13.0 Å². The molecule has 3 N–H and O–H groups in total. The molecule has 2 rings (SSSR count). The van der Waals surface area contributed by atoms with Crippen LogP contribution in [0.5, 0.6) is 0 Å². The molecule has 5 atom stereocenters. The van der Waals surface area contributed by atoms with E-state index in [1.54, 1.807) is 6.08 Å². The lowest BCUT2D eigenvalue weighted by atomic mass is 9.71. The average molecular weight is 389 g/mol. The number of hydrogen-bond acceptors (Lipinski definition) is 3. The molecule has 0 aromatic carbocycles. The highest BCUT2D eigenvalue weighted by molar-refractivity contribution is 5.24. The van der Waals surface area contributed by atoms with Gasteiger partial charge in [-0.3, -0.25) is 0 Å². The maximum absolute atomic E-state index is 10.8. The lowest BCUT2D eigenvalue weighted by Crippen LogP contribution is -2.28. The van der Waals surface area contributed by atoms with Crippen LogP contribution < -0.4 is 0 Å². The van der Waals surface area contributed by atoms with E-state index in [1.165, 1.54) is 11.1 Å². The van der Waals surface area contributed by atoms with Gasteiger partial charge >= 0.3 is 0 Å². The van der Waals surface area contributed by atoms with Crippen molar-refractivity contribution < 1.29 is 15.3 Å². The Labute approximate surface area is 171 Å². The van der Waals surface area contributed by atoms with Crippen LogP contribution in [0.15, 0.2) is 47.6 Å². The van der Waals surface area contributed by atoms with Gasteiger partial charge in [-0.25, -0.2) is 0 Å². The van der Waals surface area contributed by atoms with Crippen molar-refractivity contribution >= 4 is 0 Å². The molecule has 0 aromatic rings. The third-order valence-corrected chi connectivity index (χ3v) is 6.79. The summed E-state index contributed by atoms with van der Waals surface area (Å²) in [6.45, 7) is 12.9. The number of hydrogen-bond donors (Lipinski definition) is 3. The first-order valence-corrected chi connectivity index (χ1v) is 10.8. The third-order valence-electron chi connectivity index (χ3n) is 6.79. The van der Waals surface area contributed by atoms with Crippen molar-refractivity contribution in [2.75, 3.05) is 6.61 Å². The molecule has 1 saturated carbocycles. The zero-order chi connectivity index (χ0) is 20.9. The van der Waals surface area contributed by atoms with Crippen molar-refractivity contribution in [3.05, 3.63) is 47.6 Å². The Kier molecular flexibility index (Phi) is 8.30. The van der Waals surface area contributed by atoms with Crippen LogP contribution in [0.1, 0.15) is 66.2 Å². The Morgan fingerprint density at radius 2 is 1.96 bits per heavy atom. The normalized spacial score (nSPS) is 40.6. The Balaban J connectivity index is 2.39. The van der Waals surface area contributed by atoms with Crippen LogP contribution in [0.25, 0.3) is 0 Å². The molecule has 28 heavy (non-hydrogen) atoms. The van der Waals surface area contributed by atoms with Crippen LogP contribution >= 0.6 is 0 Å². The van der Waals surface area contributed by atoms with Crippen LogP contribution in [-0.2, 0) is 0 Å². The highest BCUT2D eigenvalue weighted by Gasteiger charge is 2.49. The minimum absolute atomic E-state index is 0.0128. The molecule has 0 bridgehead atoms. The third kappa shape index (κ3) is 5.92. The van der Waals surface area contributed by atoms with E-state index < -0.39 is 6.10 Å². The van der Waals surface area contributed by atoms with Gasteiger partial charge in [0.05, 0.1) is 18.8 Å². The lowest BCUT2D eigenvalue weighted by Gasteiger charge is -2.34. The minimum Gasteiger partial charge on any atom is -0.393 e. The van der Waals surface area contributed by atoms with Gasteiger partial charge in [0.1, 0.15) is 0 Å². The molecule has 2 aliphatic rings. The van der Waals surface area contributed by atoms with E-state index in [9.17, 15) is 15.3 Å². The SMILES string of the molecule is C=C1CC/C=C(\C)CC(O)/C=C(CO)/C=C\[C@@H]2[C@@H](C(C)C)[C@H](O)C[C@@]2(C)CC1. The van der Waals surface area contributed by atoms with Crippen LogP contribution in [0.2, 0.25) is 0 Å². The van der Waals surface area contributed by atoms with Crippen LogP contribution in [0.3, 0.4) is 0 Å². The number of rotatable bonds is 2. The first-order valence-electron chi connectivity index (χ1n) is 10.8. The quantitative estimate of drug-likeness (QED) is 0.587. The molecule has 2 aliphatic carbocycles. The fourth-order valence-electron chi connectivity index (χ4n) is 5.16. The molecule has 0 heterocycles. The maximum Gasteiger partial charge on any atom is 0.0764 e. The first-order chi connectivity index (χ1) is 13.2. The van der Waals surface area contributed by atoms with E-state index in [4.69, 9.17) is 0 Å². The summed E-state index contributed by atoms with van der Waals surface area (Å²) in [5.74, 6) is 0.835. The topological polar surface area (TPSA) is 60.7 Å². The number of allylic oxidation sites excluding steroid dienone is 3. The number of aliphatic hydroxyl groups is 3. The van der Waals surface area contributed by atoms with E-state index in [-0.39, 0.29) is 30.0 Å². The second kappa shape index (κ2) is 10.0. The molecular formula is C25H40O3. The van der Waals surface area contributed by atoms with E-state index >= 15 is 0 Å². The standard InChI is InChI=1S/C25H40O3/c1-17(2)24-22-10-9-20(16-26)14-21(27)13-19(4)8-6-7-18(3)11-12-25(22,5)15-23(24)28/h8-10,14,17,21-24,26-28H,3,6-7,11-13,15-16H2,1-2,4-5H3/b10-9-,19-8+,20-14-/t21?,22-,23-,24-,25-/m1/s1. The molecule has 3 nitrogen and oxygen atoms in total. The summed E-state index contributed by atoms with van der Waals surface area (Å²) in [7, 11) is 0. The van der Waals surface area contributed by atoms with Crippen molar-refractivity contribution in [2.24, 2.45) is 23.2 Å². The van der Waals surface area contributed by atoms with E-state index in [2.05, 4.69) is 39.5 Å². The van der Waals surface area contributed by atoms with E-state index in [0.717, 1.165) is 37.7 Å². The molecule has 0 radical (unpaired) electrons. The summed E-state index contributed by atoms with van der Waals surface area (Å²) < 4.78 is 0. The largest absolute Gasteiger partial charge is 0.393 e. The highest BCUT2D eigenvalue weighted by atomic mass is 16.3. The van der Waals surface area contributed by atoms with E-state index in [0.29, 0.717) is 12.3 Å². The molecule has 0 spiro atoms. The summed E-state index contributed by atoms with van der Waals surface area (Å²) >= 11 is 0. The maximum atomic E-state index is 10.8. The van der Waals surface area contributed by atoms with Crippen molar-refractivity contribution in [2.45, 2.75) is 78.4 Å². The monoisotopic (exact) mass is 388 g/mol. The molecular weight excluding hydrogens is 348 g/mol. The van der Waals surface area contributed by atoms with Crippen molar-refractivity contribution in [3.8, 4) is 0 Å². The second-order valence-corrected chi connectivity index (χ2v) is 9.64. The zero-order valence-corrected chi connectivity index (χ0v) is 18.2. The predicted octanol–water partition coefficient (Wildman–Crippen LogP) is 4.95. The van der Waals surface area contributed by atoms with Crippen molar-refractivity contribution in [1.82, 2.24) is 0 Å². The summed E-state index contributed by atoms with van der Waals surface area (Å²) in [5, 5.41) is 31.0. The highest BCUT2D eigenvalue weighted by Crippen LogP contribution is 2.53. The first kappa shape index (κ1) is 23.1. The van der Waals surface area contributed by atoms with Crippen LogP contribution in [0.4, 0.5) is 0 Å². The Morgan fingerprint density at radius 1 is 1.25 bits per heavy atom. The Hall–Kier alpha value is -1.16. The van der Waals surface area contributed by atoms with Gasteiger partial charge in [0.15, 0.2) is 0 Å². The Morgan fingerprint density at radius 3 is 2.61 bits per heavy atom.